The molecule has 0 radical (unpaired) electrons. The normalized spacial score (nSPS) is 12.9. The standard InChI is InChI=1S/C13H22N2O3S/c1-4-15(5-6-16)8-9(2)13-14-10(3)11(19-13)7-12(17)18/h9,16H,4-8H2,1-3H3,(H,17,18). The van der Waals surface area contributed by atoms with Crippen LogP contribution in [0.5, 0.6) is 0 Å². The van der Waals surface area contributed by atoms with E-state index in [4.69, 9.17) is 10.2 Å². The fraction of sp³-hybridized carbons (Fsp3) is 0.692. The Balaban J connectivity index is 2.71. The highest BCUT2D eigenvalue weighted by Gasteiger charge is 2.17. The van der Waals surface area contributed by atoms with Gasteiger partial charge in [-0.25, -0.2) is 4.98 Å². The molecule has 2 N–H and O–H groups in total. The minimum atomic E-state index is -0.818. The van der Waals surface area contributed by atoms with Crippen molar-refractivity contribution in [2.45, 2.75) is 33.1 Å². The van der Waals surface area contributed by atoms with Gasteiger partial charge < -0.3 is 15.1 Å². The number of hydrogen-bond donors (Lipinski definition) is 2. The Morgan fingerprint density at radius 3 is 2.74 bits per heavy atom. The van der Waals surface area contributed by atoms with E-state index in [0.29, 0.717) is 6.54 Å². The highest BCUT2D eigenvalue weighted by Crippen LogP contribution is 2.26. The average molecular weight is 286 g/mol. The Bertz CT molecular complexity index is 420. The maximum Gasteiger partial charge on any atom is 0.308 e. The van der Waals surface area contributed by atoms with Gasteiger partial charge >= 0.3 is 5.97 Å². The van der Waals surface area contributed by atoms with Crippen LogP contribution >= 0.6 is 11.3 Å². The molecule has 1 unspecified atom stereocenters. The van der Waals surface area contributed by atoms with Gasteiger partial charge in [0.15, 0.2) is 0 Å². The van der Waals surface area contributed by atoms with Crippen molar-refractivity contribution in [1.82, 2.24) is 9.88 Å². The molecule has 1 aromatic heterocycles. The number of aromatic nitrogens is 1. The Labute approximate surface area is 117 Å². The summed E-state index contributed by atoms with van der Waals surface area (Å²) in [4.78, 5) is 18.2. The van der Waals surface area contributed by atoms with Crippen LogP contribution in [0.3, 0.4) is 0 Å². The molecule has 19 heavy (non-hydrogen) atoms. The molecule has 1 aromatic rings. The summed E-state index contributed by atoms with van der Waals surface area (Å²) in [5.41, 5.74) is 0.819. The first-order valence-electron chi connectivity index (χ1n) is 6.49. The maximum atomic E-state index is 10.8. The van der Waals surface area contributed by atoms with Crippen LogP contribution < -0.4 is 0 Å². The van der Waals surface area contributed by atoms with Gasteiger partial charge in [0, 0.05) is 23.9 Å². The minimum Gasteiger partial charge on any atom is -0.481 e. The Morgan fingerprint density at radius 2 is 2.21 bits per heavy atom. The lowest BCUT2D eigenvalue weighted by molar-refractivity contribution is -0.136. The number of aliphatic hydroxyl groups excluding tert-OH is 1. The zero-order valence-electron chi connectivity index (χ0n) is 11.7. The van der Waals surface area contributed by atoms with Crippen molar-refractivity contribution in [2.24, 2.45) is 0 Å². The SMILES string of the molecule is CCN(CCO)CC(C)c1nc(C)c(CC(=O)O)s1. The summed E-state index contributed by atoms with van der Waals surface area (Å²) < 4.78 is 0. The number of aryl methyl sites for hydroxylation is 1. The summed E-state index contributed by atoms with van der Waals surface area (Å²) >= 11 is 1.49. The fourth-order valence-corrected chi connectivity index (χ4v) is 3.05. The molecular weight excluding hydrogens is 264 g/mol. The molecule has 0 aliphatic carbocycles. The number of carbonyl (C=O) groups is 1. The average Bonchev–Trinajstić information content (AvgIpc) is 2.69. The van der Waals surface area contributed by atoms with Gasteiger partial charge in [-0.2, -0.15) is 0 Å². The lowest BCUT2D eigenvalue weighted by atomic mass is 10.2. The van der Waals surface area contributed by atoms with E-state index in [1.54, 1.807) is 0 Å². The number of carboxylic acid groups (broad SMARTS) is 1. The van der Waals surface area contributed by atoms with Gasteiger partial charge in [0.25, 0.3) is 0 Å². The number of carboxylic acids is 1. The van der Waals surface area contributed by atoms with Crippen molar-refractivity contribution in [3.8, 4) is 0 Å². The van der Waals surface area contributed by atoms with Gasteiger partial charge in [0.05, 0.1) is 23.7 Å². The van der Waals surface area contributed by atoms with E-state index in [1.165, 1.54) is 11.3 Å². The fourth-order valence-electron chi connectivity index (χ4n) is 1.95. The second-order valence-electron chi connectivity index (χ2n) is 4.65. The van der Waals surface area contributed by atoms with Gasteiger partial charge in [-0.3, -0.25) is 4.79 Å². The summed E-state index contributed by atoms with van der Waals surface area (Å²) in [6.45, 7) is 8.53. The highest BCUT2D eigenvalue weighted by molar-refractivity contribution is 7.11. The van der Waals surface area contributed by atoms with Crippen LogP contribution in [-0.2, 0) is 11.2 Å². The zero-order valence-corrected chi connectivity index (χ0v) is 12.5. The van der Waals surface area contributed by atoms with E-state index in [1.807, 2.05) is 6.92 Å². The number of aliphatic hydroxyl groups is 1. The second-order valence-corrected chi connectivity index (χ2v) is 5.76. The lowest BCUT2D eigenvalue weighted by Gasteiger charge is -2.22. The third kappa shape index (κ3) is 4.89. The molecule has 6 heteroatoms. The summed E-state index contributed by atoms with van der Waals surface area (Å²) in [6.07, 6.45) is 0.0460. The number of hydrogen-bond acceptors (Lipinski definition) is 5. The van der Waals surface area contributed by atoms with Crippen LogP contribution in [0.4, 0.5) is 0 Å². The van der Waals surface area contributed by atoms with Crippen molar-refractivity contribution in [3.05, 3.63) is 15.6 Å². The molecular formula is C13H22N2O3S. The van der Waals surface area contributed by atoms with Crippen LogP contribution in [0, 0.1) is 6.92 Å². The van der Waals surface area contributed by atoms with E-state index in [0.717, 1.165) is 28.7 Å². The predicted octanol–water partition coefficient (Wildman–Crippen LogP) is 1.50. The zero-order chi connectivity index (χ0) is 14.4. The van der Waals surface area contributed by atoms with Crippen LogP contribution in [0.25, 0.3) is 0 Å². The molecule has 1 rings (SSSR count). The number of likely N-dealkylation sites (N-methyl/N-ethyl adjacent to an activating group) is 1. The molecule has 0 fully saturated rings. The van der Waals surface area contributed by atoms with E-state index < -0.39 is 5.97 Å². The quantitative estimate of drug-likeness (QED) is 0.757. The van der Waals surface area contributed by atoms with Crippen LogP contribution in [0.2, 0.25) is 0 Å². The van der Waals surface area contributed by atoms with Gasteiger partial charge in [0.2, 0.25) is 0 Å². The topological polar surface area (TPSA) is 73.7 Å². The van der Waals surface area contributed by atoms with Crippen molar-refractivity contribution in [1.29, 1.82) is 0 Å². The first-order chi connectivity index (χ1) is 8.97. The van der Waals surface area contributed by atoms with Crippen LogP contribution in [0.1, 0.15) is 35.3 Å². The summed E-state index contributed by atoms with van der Waals surface area (Å²) in [6, 6.07) is 0. The van der Waals surface area contributed by atoms with Gasteiger partial charge in [-0.05, 0) is 13.5 Å². The number of rotatable bonds is 8. The molecule has 5 nitrogen and oxygen atoms in total. The largest absolute Gasteiger partial charge is 0.481 e. The molecule has 0 saturated heterocycles. The molecule has 0 saturated carbocycles. The summed E-state index contributed by atoms with van der Waals surface area (Å²) in [7, 11) is 0. The Kier molecular flexibility index (Phi) is 6.41. The van der Waals surface area contributed by atoms with Crippen LogP contribution in [0.15, 0.2) is 0 Å². The van der Waals surface area contributed by atoms with E-state index in [2.05, 4.69) is 23.7 Å². The molecule has 0 bridgehead atoms. The first-order valence-corrected chi connectivity index (χ1v) is 7.30. The molecule has 1 heterocycles. The Hall–Kier alpha value is -0.980. The van der Waals surface area contributed by atoms with Crippen LogP contribution in [-0.4, -0.2) is 52.3 Å². The van der Waals surface area contributed by atoms with E-state index in [-0.39, 0.29) is 18.9 Å². The van der Waals surface area contributed by atoms with Gasteiger partial charge in [-0.1, -0.05) is 13.8 Å². The number of nitrogens with zero attached hydrogens (tertiary/aromatic N) is 2. The molecule has 0 amide bonds. The second kappa shape index (κ2) is 7.57. The molecule has 108 valence electrons. The molecule has 0 aliphatic heterocycles. The third-order valence-electron chi connectivity index (χ3n) is 3.04. The minimum absolute atomic E-state index is 0.0460. The first kappa shape index (κ1) is 16.1. The molecule has 0 aromatic carbocycles. The van der Waals surface area contributed by atoms with E-state index >= 15 is 0 Å². The Morgan fingerprint density at radius 1 is 1.53 bits per heavy atom. The smallest absolute Gasteiger partial charge is 0.308 e. The lowest BCUT2D eigenvalue weighted by Crippen LogP contribution is -2.30. The maximum absolute atomic E-state index is 10.8. The van der Waals surface area contributed by atoms with Crippen molar-refractivity contribution in [2.75, 3.05) is 26.2 Å². The predicted molar refractivity (Wildman–Crippen MR) is 75.8 cm³/mol. The van der Waals surface area contributed by atoms with Crippen molar-refractivity contribution >= 4 is 17.3 Å². The summed E-state index contributed by atoms with van der Waals surface area (Å²) in [5.74, 6) is -0.570. The van der Waals surface area contributed by atoms with Gasteiger partial charge in [-0.15, -0.1) is 11.3 Å². The molecule has 0 spiro atoms. The third-order valence-corrected chi connectivity index (χ3v) is 4.43. The number of thiazole rings is 1. The van der Waals surface area contributed by atoms with E-state index in [9.17, 15) is 4.79 Å². The summed E-state index contributed by atoms with van der Waals surface area (Å²) in [5, 5.41) is 18.8. The number of aliphatic carboxylic acids is 1. The van der Waals surface area contributed by atoms with Crippen molar-refractivity contribution in [3.63, 3.8) is 0 Å². The molecule has 1 atom stereocenters. The van der Waals surface area contributed by atoms with Crippen molar-refractivity contribution < 1.29 is 15.0 Å². The van der Waals surface area contributed by atoms with Gasteiger partial charge in [0.1, 0.15) is 0 Å². The molecule has 0 aliphatic rings. The monoisotopic (exact) mass is 286 g/mol. The highest BCUT2D eigenvalue weighted by atomic mass is 32.1.